The maximum atomic E-state index is 13.2. The van der Waals surface area contributed by atoms with Crippen molar-refractivity contribution >= 4 is 11.6 Å². The molecule has 0 saturated carbocycles. The first kappa shape index (κ1) is 14.5. The molecule has 1 aromatic rings. The Labute approximate surface area is 108 Å². The fourth-order valence-electron chi connectivity index (χ4n) is 1.98. The lowest BCUT2D eigenvalue weighted by atomic mass is 10.0. The van der Waals surface area contributed by atoms with Crippen LogP contribution in [-0.2, 0) is 6.42 Å². The molecule has 1 unspecified atom stereocenters. The molecule has 0 amide bonds. The highest BCUT2D eigenvalue weighted by atomic mass is 35.5. The van der Waals surface area contributed by atoms with Gasteiger partial charge in [0.05, 0.1) is 0 Å². The second-order valence-electron chi connectivity index (χ2n) is 4.34. The largest absolute Gasteiger partial charge is 0.314 e. The van der Waals surface area contributed by atoms with E-state index >= 15 is 0 Å². The third-order valence-corrected chi connectivity index (χ3v) is 3.24. The molecule has 0 aromatic heterocycles. The summed E-state index contributed by atoms with van der Waals surface area (Å²) in [6.45, 7) is 5.20. The van der Waals surface area contributed by atoms with E-state index in [0.717, 1.165) is 24.9 Å². The van der Waals surface area contributed by atoms with Gasteiger partial charge in [-0.2, -0.15) is 0 Å². The van der Waals surface area contributed by atoms with Crippen LogP contribution < -0.4 is 5.32 Å². The predicted octanol–water partition coefficient (Wildman–Crippen LogP) is 4.19. The number of likely N-dealkylation sites (N-methyl/N-ethyl adjacent to an activating group) is 1. The highest BCUT2D eigenvalue weighted by molar-refractivity contribution is 6.31. The first-order valence-electron chi connectivity index (χ1n) is 6.34. The Morgan fingerprint density at radius 1 is 1.35 bits per heavy atom. The third-order valence-electron chi connectivity index (χ3n) is 2.87. The van der Waals surface area contributed by atoms with E-state index in [1.807, 2.05) is 0 Å². The Morgan fingerprint density at radius 2 is 2.12 bits per heavy atom. The Kier molecular flexibility index (Phi) is 6.53. The van der Waals surface area contributed by atoms with Crippen LogP contribution in [0.15, 0.2) is 18.2 Å². The molecule has 0 aliphatic carbocycles. The van der Waals surface area contributed by atoms with Crippen LogP contribution in [0.1, 0.15) is 38.7 Å². The number of halogens is 2. The van der Waals surface area contributed by atoms with Crippen molar-refractivity contribution in [1.29, 1.82) is 0 Å². The summed E-state index contributed by atoms with van der Waals surface area (Å²) >= 11 is 6.08. The lowest BCUT2D eigenvalue weighted by Gasteiger charge is -2.18. The van der Waals surface area contributed by atoms with Crippen LogP contribution in [0, 0.1) is 5.82 Å². The molecule has 0 aliphatic heterocycles. The minimum Gasteiger partial charge on any atom is -0.314 e. The van der Waals surface area contributed by atoms with E-state index < -0.39 is 0 Å². The summed E-state index contributed by atoms with van der Waals surface area (Å²) in [5.41, 5.74) is 0.897. The van der Waals surface area contributed by atoms with E-state index in [0.29, 0.717) is 11.1 Å². The average molecular weight is 258 g/mol. The maximum Gasteiger partial charge on any atom is 0.123 e. The van der Waals surface area contributed by atoms with Gasteiger partial charge in [-0.05, 0) is 43.1 Å². The van der Waals surface area contributed by atoms with Gasteiger partial charge in [0.1, 0.15) is 5.82 Å². The van der Waals surface area contributed by atoms with Gasteiger partial charge in [-0.15, -0.1) is 0 Å². The topological polar surface area (TPSA) is 12.0 Å². The molecule has 17 heavy (non-hydrogen) atoms. The van der Waals surface area contributed by atoms with Crippen LogP contribution >= 0.6 is 11.6 Å². The molecule has 1 N–H and O–H groups in total. The lowest BCUT2D eigenvalue weighted by molar-refractivity contribution is 0.472. The molecule has 1 rings (SSSR count). The van der Waals surface area contributed by atoms with E-state index in [-0.39, 0.29) is 5.82 Å². The summed E-state index contributed by atoms with van der Waals surface area (Å²) in [7, 11) is 0. The summed E-state index contributed by atoms with van der Waals surface area (Å²) in [4.78, 5) is 0. The SMILES string of the molecule is CCCCC(Cc1cc(F)ccc1Cl)NCC. The lowest BCUT2D eigenvalue weighted by Crippen LogP contribution is -2.31. The second kappa shape index (κ2) is 7.67. The summed E-state index contributed by atoms with van der Waals surface area (Å²) in [5.74, 6) is -0.213. The predicted molar refractivity (Wildman–Crippen MR) is 72.1 cm³/mol. The number of unbranched alkanes of at least 4 members (excludes halogenated alkanes) is 1. The molecule has 1 atom stereocenters. The molecule has 0 bridgehead atoms. The van der Waals surface area contributed by atoms with Crippen LogP contribution in [0.3, 0.4) is 0 Å². The molecule has 1 nitrogen and oxygen atoms in total. The fraction of sp³-hybridized carbons (Fsp3) is 0.571. The molecule has 0 aliphatic rings. The third kappa shape index (κ3) is 5.05. The zero-order valence-electron chi connectivity index (χ0n) is 10.6. The maximum absolute atomic E-state index is 13.2. The molecule has 1 aromatic carbocycles. The minimum atomic E-state index is -0.213. The number of hydrogen-bond acceptors (Lipinski definition) is 1. The van der Waals surface area contributed by atoms with E-state index in [4.69, 9.17) is 11.6 Å². The van der Waals surface area contributed by atoms with Gasteiger partial charge in [0.15, 0.2) is 0 Å². The minimum absolute atomic E-state index is 0.213. The summed E-state index contributed by atoms with van der Waals surface area (Å²) in [6.07, 6.45) is 4.27. The smallest absolute Gasteiger partial charge is 0.123 e. The van der Waals surface area contributed by atoms with Gasteiger partial charge in [0.25, 0.3) is 0 Å². The molecule has 0 spiro atoms. The van der Waals surface area contributed by atoms with Gasteiger partial charge in [-0.3, -0.25) is 0 Å². The second-order valence-corrected chi connectivity index (χ2v) is 4.74. The van der Waals surface area contributed by atoms with E-state index in [2.05, 4.69) is 19.2 Å². The molecule has 3 heteroatoms. The summed E-state index contributed by atoms with van der Waals surface area (Å²) in [5, 5.41) is 4.09. The van der Waals surface area contributed by atoms with Gasteiger partial charge in [-0.25, -0.2) is 4.39 Å². The van der Waals surface area contributed by atoms with Crippen molar-refractivity contribution in [3.8, 4) is 0 Å². The van der Waals surface area contributed by atoms with Crippen molar-refractivity contribution in [1.82, 2.24) is 5.32 Å². The molecule has 0 fully saturated rings. The average Bonchev–Trinajstić information content (AvgIpc) is 2.31. The Balaban J connectivity index is 2.67. The van der Waals surface area contributed by atoms with Gasteiger partial charge >= 0.3 is 0 Å². The molecule has 0 saturated heterocycles. The Bertz CT molecular complexity index is 341. The van der Waals surface area contributed by atoms with Crippen LogP contribution in [-0.4, -0.2) is 12.6 Å². The normalized spacial score (nSPS) is 12.7. The van der Waals surface area contributed by atoms with Gasteiger partial charge in [0.2, 0.25) is 0 Å². The zero-order chi connectivity index (χ0) is 12.7. The van der Waals surface area contributed by atoms with Gasteiger partial charge < -0.3 is 5.32 Å². The quantitative estimate of drug-likeness (QED) is 0.772. The number of nitrogens with one attached hydrogen (secondary N) is 1. The number of rotatable bonds is 7. The van der Waals surface area contributed by atoms with Crippen LogP contribution in [0.2, 0.25) is 5.02 Å². The molecular formula is C14H21ClFN. The van der Waals surface area contributed by atoms with E-state index in [9.17, 15) is 4.39 Å². The van der Waals surface area contributed by atoms with Crippen molar-refractivity contribution in [2.45, 2.75) is 45.6 Å². The Hall–Kier alpha value is -0.600. The van der Waals surface area contributed by atoms with Crippen LogP contribution in [0.5, 0.6) is 0 Å². The summed E-state index contributed by atoms with van der Waals surface area (Å²) < 4.78 is 13.2. The highest BCUT2D eigenvalue weighted by Crippen LogP contribution is 2.20. The van der Waals surface area contributed by atoms with Crippen LogP contribution in [0.25, 0.3) is 0 Å². The molecular weight excluding hydrogens is 237 g/mol. The zero-order valence-corrected chi connectivity index (χ0v) is 11.4. The van der Waals surface area contributed by atoms with Crippen molar-refractivity contribution in [3.63, 3.8) is 0 Å². The van der Waals surface area contributed by atoms with Crippen molar-refractivity contribution in [2.24, 2.45) is 0 Å². The Morgan fingerprint density at radius 3 is 2.76 bits per heavy atom. The fourth-order valence-corrected chi connectivity index (χ4v) is 2.18. The molecule has 0 radical (unpaired) electrons. The molecule has 96 valence electrons. The number of hydrogen-bond donors (Lipinski definition) is 1. The van der Waals surface area contributed by atoms with E-state index in [1.54, 1.807) is 12.1 Å². The highest BCUT2D eigenvalue weighted by Gasteiger charge is 2.11. The van der Waals surface area contributed by atoms with Crippen LogP contribution in [0.4, 0.5) is 4.39 Å². The first-order chi connectivity index (χ1) is 8.17. The van der Waals surface area contributed by atoms with Crippen molar-refractivity contribution in [3.05, 3.63) is 34.6 Å². The first-order valence-corrected chi connectivity index (χ1v) is 6.72. The number of benzene rings is 1. The molecule has 0 heterocycles. The standard InChI is InChI=1S/C14H21ClFN/c1-3-5-6-13(17-4-2)10-11-9-12(16)7-8-14(11)15/h7-9,13,17H,3-6,10H2,1-2H3. The van der Waals surface area contributed by atoms with Gasteiger partial charge in [-0.1, -0.05) is 38.3 Å². The van der Waals surface area contributed by atoms with Crippen molar-refractivity contribution in [2.75, 3.05) is 6.54 Å². The van der Waals surface area contributed by atoms with Gasteiger partial charge in [0, 0.05) is 11.1 Å². The van der Waals surface area contributed by atoms with E-state index in [1.165, 1.54) is 18.9 Å². The monoisotopic (exact) mass is 257 g/mol. The van der Waals surface area contributed by atoms with Crippen molar-refractivity contribution < 1.29 is 4.39 Å². The summed E-state index contributed by atoms with van der Waals surface area (Å²) in [6, 6.07) is 4.97.